The number of likely N-dealkylation sites (tertiary alicyclic amines) is 1. The maximum atomic E-state index is 13.1. The number of nitrogens with one attached hydrogen (secondary N) is 2. The molecule has 1 aliphatic rings. The van der Waals surface area contributed by atoms with E-state index >= 15 is 0 Å². The van der Waals surface area contributed by atoms with Gasteiger partial charge in [0.1, 0.15) is 5.69 Å². The van der Waals surface area contributed by atoms with E-state index < -0.39 is 5.97 Å². The van der Waals surface area contributed by atoms with E-state index in [2.05, 4.69) is 55.4 Å². The second-order valence-electron chi connectivity index (χ2n) is 8.39. The van der Waals surface area contributed by atoms with Gasteiger partial charge < -0.3 is 15.0 Å². The molecule has 1 aliphatic heterocycles. The number of carbonyl (C=O) groups is 2. The number of aromatic amines is 1. The van der Waals surface area contributed by atoms with E-state index in [4.69, 9.17) is 4.74 Å². The van der Waals surface area contributed by atoms with Crippen molar-refractivity contribution < 1.29 is 14.3 Å². The molecule has 0 spiro atoms. The van der Waals surface area contributed by atoms with Crippen LogP contribution < -0.4 is 5.32 Å². The minimum atomic E-state index is -0.512. The first kappa shape index (κ1) is 22.6. The normalized spacial score (nSPS) is 16.1. The van der Waals surface area contributed by atoms with Crippen LogP contribution in [0.3, 0.4) is 0 Å². The summed E-state index contributed by atoms with van der Waals surface area (Å²) in [6, 6.07) is 15.9. The smallest absolute Gasteiger partial charge is 0.356 e. The Balaban J connectivity index is 1.43. The number of esters is 1. The number of methoxy groups -OCH3 is 1. The quantitative estimate of drug-likeness (QED) is 0.470. The van der Waals surface area contributed by atoms with Crippen LogP contribution in [0.4, 0.5) is 5.69 Å². The minimum Gasteiger partial charge on any atom is -0.464 e. The van der Waals surface area contributed by atoms with Crippen LogP contribution in [0.15, 0.2) is 53.0 Å². The second kappa shape index (κ2) is 9.88. The van der Waals surface area contributed by atoms with Crippen LogP contribution in [0.1, 0.15) is 35.8 Å². The molecule has 168 valence electrons. The predicted molar refractivity (Wildman–Crippen MR) is 130 cm³/mol. The first-order chi connectivity index (χ1) is 15.5. The van der Waals surface area contributed by atoms with Crippen molar-refractivity contribution >= 4 is 44.4 Å². The lowest BCUT2D eigenvalue weighted by Crippen LogP contribution is -2.46. The number of anilines is 1. The summed E-state index contributed by atoms with van der Waals surface area (Å²) in [7, 11) is 1.33. The van der Waals surface area contributed by atoms with Crippen molar-refractivity contribution in [2.24, 2.45) is 5.92 Å². The number of piperidine rings is 1. The van der Waals surface area contributed by atoms with Gasteiger partial charge in [-0.2, -0.15) is 0 Å². The Hall–Kier alpha value is -2.64. The largest absolute Gasteiger partial charge is 0.464 e. The van der Waals surface area contributed by atoms with Crippen LogP contribution in [0.25, 0.3) is 10.9 Å². The topological polar surface area (TPSA) is 74.4 Å². The SMILES string of the molecule is COC(=O)c1[nH]c2ccc(Br)cc2c1NC(=O)C(C)N1CCC(Cc2ccccc2)CC1. The molecule has 0 radical (unpaired) electrons. The third kappa shape index (κ3) is 4.89. The van der Waals surface area contributed by atoms with Crippen molar-refractivity contribution in [3.8, 4) is 0 Å². The van der Waals surface area contributed by atoms with Crippen molar-refractivity contribution in [3.63, 3.8) is 0 Å². The number of fused-ring (bicyclic) bond motifs is 1. The Morgan fingerprint density at radius 1 is 1.19 bits per heavy atom. The number of aromatic nitrogens is 1. The van der Waals surface area contributed by atoms with E-state index in [1.54, 1.807) is 0 Å². The maximum Gasteiger partial charge on any atom is 0.356 e. The van der Waals surface area contributed by atoms with Gasteiger partial charge >= 0.3 is 5.97 Å². The van der Waals surface area contributed by atoms with Gasteiger partial charge in [0, 0.05) is 15.4 Å². The van der Waals surface area contributed by atoms with E-state index in [9.17, 15) is 9.59 Å². The third-order valence-electron chi connectivity index (χ3n) is 6.34. The highest BCUT2D eigenvalue weighted by atomic mass is 79.9. The van der Waals surface area contributed by atoms with E-state index in [0.717, 1.165) is 47.7 Å². The molecule has 1 atom stereocenters. The van der Waals surface area contributed by atoms with Gasteiger partial charge in [0.25, 0.3) is 0 Å². The Labute approximate surface area is 196 Å². The molecule has 6 nitrogen and oxygen atoms in total. The Bertz CT molecular complexity index is 1100. The molecule has 1 amide bonds. The molecule has 2 heterocycles. The van der Waals surface area contributed by atoms with Crippen molar-refractivity contribution in [1.29, 1.82) is 0 Å². The third-order valence-corrected chi connectivity index (χ3v) is 6.84. The van der Waals surface area contributed by atoms with Crippen LogP contribution in [-0.2, 0) is 16.0 Å². The molecule has 4 rings (SSSR count). The minimum absolute atomic E-state index is 0.127. The van der Waals surface area contributed by atoms with E-state index in [-0.39, 0.29) is 17.6 Å². The first-order valence-corrected chi connectivity index (χ1v) is 11.7. The highest BCUT2D eigenvalue weighted by Gasteiger charge is 2.28. The van der Waals surface area contributed by atoms with Crippen molar-refractivity contribution in [2.45, 2.75) is 32.2 Å². The van der Waals surface area contributed by atoms with E-state index in [1.165, 1.54) is 12.7 Å². The van der Waals surface area contributed by atoms with Crippen LogP contribution in [0.5, 0.6) is 0 Å². The molecule has 1 aromatic heterocycles. The monoisotopic (exact) mass is 497 g/mol. The number of nitrogens with zero attached hydrogens (tertiary/aromatic N) is 1. The number of hydrogen-bond donors (Lipinski definition) is 2. The maximum absolute atomic E-state index is 13.1. The number of ether oxygens (including phenoxy) is 1. The molecule has 0 saturated carbocycles. The molecule has 3 aromatic rings. The van der Waals surface area contributed by atoms with Gasteiger partial charge in [-0.3, -0.25) is 9.69 Å². The number of amides is 1. The fraction of sp³-hybridized carbons (Fsp3) is 0.360. The molecule has 7 heteroatoms. The standard InChI is InChI=1S/C25H28BrN3O3/c1-16(29-12-10-18(11-13-29)14-17-6-4-3-5-7-17)24(30)28-22-20-15-19(26)8-9-21(20)27-23(22)25(31)32-2/h3-9,15-16,18,27H,10-14H2,1-2H3,(H,28,30). The molecule has 1 unspecified atom stereocenters. The Morgan fingerprint density at radius 3 is 2.59 bits per heavy atom. The molecule has 0 bridgehead atoms. The molecule has 0 aliphatic carbocycles. The average molecular weight is 498 g/mol. The lowest BCUT2D eigenvalue weighted by molar-refractivity contribution is -0.121. The molecule has 1 fully saturated rings. The predicted octanol–water partition coefficient (Wildman–Crippen LogP) is 5.00. The number of halogens is 1. The first-order valence-electron chi connectivity index (χ1n) is 10.9. The molecule has 1 saturated heterocycles. The van der Waals surface area contributed by atoms with Crippen LogP contribution in [0, 0.1) is 5.92 Å². The lowest BCUT2D eigenvalue weighted by atomic mass is 9.89. The van der Waals surface area contributed by atoms with Gasteiger partial charge in [0.05, 0.1) is 18.8 Å². The summed E-state index contributed by atoms with van der Waals surface area (Å²) in [6.07, 6.45) is 3.22. The summed E-state index contributed by atoms with van der Waals surface area (Å²) in [5.41, 5.74) is 2.85. The zero-order valence-electron chi connectivity index (χ0n) is 18.4. The van der Waals surface area contributed by atoms with Crippen molar-refractivity contribution in [1.82, 2.24) is 9.88 Å². The van der Waals surface area contributed by atoms with Gasteiger partial charge in [0.2, 0.25) is 5.91 Å². The van der Waals surface area contributed by atoms with Gasteiger partial charge in [-0.1, -0.05) is 46.3 Å². The number of rotatable bonds is 6. The molecular formula is C25H28BrN3O3. The van der Waals surface area contributed by atoms with E-state index in [0.29, 0.717) is 11.6 Å². The second-order valence-corrected chi connectivity index (χ2v) is 9.31. The van der Waals surface area contributed by atoms with Crippen molar-refractivity contribution in [3.05, 3.63) is 64.3 Å². The average Bonchev–Trinajstić information content (AvgIpc) is 3.16. The fourth-order valence-electron chi connectivity index (χ4n) is 4.43. The summed E-state index contributed by atoms with van der Waals surface area (Å²) < 4.78 is 5.78. The van der Waals surface area contributed by atoms with Crippen molar-refractivity contribution in [2.75, 3.05) is 25.5 Å². The molecule has 2 N–H and O–H groups in total. The Kier molecular flexibility index (Phi) is 6.96. The summed E-state index contributed by atoms with van der Waals surface area (Å²) in [5, 5.41) is 3.76. The summed E-state index contributed by atoms with van der Waals surface area (Å²) >= 11 is 3.47. The number of H-pyrrole nitrogens is 1. The van der Waals surface area contributed by atoms with Gasteiger partial charge in [-0.05, 0) is 69.0 Å². The zero-order chi connectivity index (χ0) is 22.7. The highest BCUT2D eigenvalue weighted by molar-refractivity contribution is 9.10. The van der Waals surface area contributed by atoms with Crippen LogP contribution in [0.2, 0.25) is 0 Å². The molecule has 32 heavy (non-hydrogen) atoms. The fourth-order valence-corrected chi connectivity index (χ4v) is 4.80. The summed E-state index contributed by atoms with van der Waals surface area (Å²) in [5.74, 6) is 0.000320. The van der Waals surface area contributed by atoms with Gasteiger partial charge in [-0.15, -0.1) is 0 Å². The molecular weight excluding hydrogens is 470 g/mol. The number of hydrogen-bond acceptors (Lipinski definition) is 4. The number of benzene rings is 2. The van der Waals surface area contributed by atoms with Gasteiger partial charge in [0.15, 0.2) is 0 Å². The van der Waals surface area contributed by atoms with E-state index in [1.807, 2.05) is 31.2 Å². The highest BCUT2D eigenvalue weighted by Crippen LogP contribution is 2.31. The lowest BCUT2D eigenvalue weighted by Gasteiger charge is -2.35. The molecule has 2 aromatic carbocycles. The van der Waals surface area contributed by atoms with Crippen LogP contribution >= 0.6 is 15.9 Å². The summed E-state index contributed by atoms with van der Waals surface area (Å²) in [6.45, 7) is 3.69. The number of carbonyl (C=O) groups excluding carboxylic acids is 2. The van der Waals surface area contributed by atoms with Crippen LogP contribution in [-0.4, -0.2) is 48.0 Å². The Morgan fingerprint density at radius 2 is 1.91 bits per heavy atom. The zero-order valence-corrected chi connectivity index (χ0v) is 19.9. The summed E-state index contributed by atoms with van der Waals surface area (Å²) in [4.78, 5) is 30.7. The van der Waals surface area contributed by atoms with Gasteiger partial charge in [-0.25, -0.2) is 4.79 Å².